The van der Waals surface area contributed by atoms with Crippen molar-refractivity contribution in [3.8, 4) is 0 Å². The molecule has 4 nitrogen and oxygen atoms in total. The minimum Gasteiger partial charge on any atom is -0.397 e. The van der Waals surface area contributed by atoms with Crippen LogP contribution in [-0.4, -0.2) is 5.91 Å². The predicted molar refractivity (Wildman–Crippen MR) is 87.9 cm³/mol. The highest BCUT2D eigenvalue weighted by molar-refractivity contribution is 6.35. The van der Waals surface area contributed by atoms with Gasteiger partial charge in [0.15, 0.2) is 0 Å². The normalized spacial score (nSPS) is 12.0. The number of para-hydroxylation sites is 1. The molecule has 1 amide bonds. The molecule has 0 saturated heterocycles. The number of primary amides is 1. The number of carbonyl (C=O) groups excluding carboxylic acids is 1. The van der Waals surface area contributed by atoms with Crippen molar-refractivity contribution in [3.63, 3.8) is 0 Å². The van der Waals surface area contributed by atoms with Crippen LogP contribution in [0.25, 0.3) is 0 Å². The SMILES string of the molecule is CC(Nc1c(N)cccc1C(N)=O)c1ccc(Cl)cc1Cl. The number of benzene rings is 2. The second-order valence-corrected chi connectivity index (χ2v) is 5.51. The summed E-state index contributed by atoms with van der Waals surface area (Å²) in [5, 5.41) is 4.29. The third-order valence-corrected chi connectivity index (χ3v) is 3.71. The lowest BCUT2D eigenvalue weighted by Crippen LogP contribution is -2.17. The van der Waals surface area contributed by atoms with Crippen LogP contribution in [0.2, 0.25) is 10.0 Å². The van der Waals surface area contributed by atoms with Gasteiger partial charge in [0, 0.05) is 10.0 Å². The van der Waals surface area contributed by atoms with Crippen molar-refractivity contribution < 1.29 is 4.79 Å². The lowest BCUT2D eigenvalue weighted by atomic mass is 10.1. The number of nitrogen functional groups attached to an aromatic ring is 1. The van der Waals surface area contributed by atoms with Gasteiger partial charge in [-0.15, -0.1) is 0 Å². The molecule has 0 aliphatic carbocycles. The van der Waals surface area contributed by atoms with Crippen LogP contribution in [0.1, 0.15) is 28.9 Å². The molecule has 21 heavy (non-hydrogen) atoms. The third-order valence-electron chi connectivity index (χ3n) is 3.15. The van der Waals surface area contributed by atoms with E-state index in [-0.39, 0.29) is 6.04 Å². The van der Waals surface area contributed by atoms with E-state index in [9.17, 15) is 4.79 Å². The zero-order chi connectivity index (χ0) is 15.6. The summed E-state index contributed by atoms with van der Waals surface area (Å²) in [5.74, 6) is -0.542. The van der Waals surface area contributed by atoms with Gasteiger partial charge in [0.05, 0.1) is 23.0 Å². The summed E-state index contributed by atoms with van der Waals surface area (Å²) in [6.07, 6.45) is 0. The van der Waals surface area contributed by atoms with E-state index in [1.165, 1.54) is 0 Å². The van der Waals surface area contributed by atoms with Crippen molar-refractivity contribution in [2.75, 3.05) is 11.1 Å². The van der Waals surface area contributed by atoms with E-state index in [1.54, 1.807) is 30.3 Å². The van der Waals surface area contributed by atoms with Gasteiger partial charge in [-0.1, -0.05) is 35.3 Å². The Morgan fingerprint density at radius 3 is 2.57 bits per heavy atom. The van der Waals surface area contributed by atoms with Gasteiger partial charge in [-0.25, -0.2) is 0 Å². The van der Waals surface area contributed by atoms with Crippen molar-refractivity contribution in [1.82, 2.24) is 0 Å². The summed E-state index contributed by atoms with van der Waals surface area (Å²) in [6, 6.07) is 10.1. The monoisotopic (exact) mass is 323 g/mol. The van der Waals surface area contributed by atoms with Gasteiger partial charge in [0.1, 0.15) is 0 Å². The minimum absolute atomic E-state index is 0.169. The molecule has 1 atom stereocenters. The van der Waals surface area contributed by atoms with Crippen LogP contribution < -0.4 is 16.8 Å². The predicted octanol–water partition coefficient (Wildman–Crippen LogP) is 3.85. The average Bonchev–Trinajstić information content (AvgIpc) is 2.40. The zero-order valence-corrected chi connectivity index (χ0v) is 12.9. The van der Waals surface area contributed by atoms with Gasteiger partial charge >= 0.3 is 0 Å². The molecule has 0 saturated carbocycles. The number of anilines is 2. The molecule has 0 aliphatic rings. The molecular formula is C15H15Cl2N3O. The maximum atomic E-state index is 11.5. The zero-order valence-electron chi connectivity index (χ0n) is 11.4. The highest BCUT2D eigenvalue weighted by Gasteiger charge is 2.16. The molecule has 2 rings (SSSR count). The van der Waals surface area contributed by atoms with Gasteiger partial charge in [-0.2, -0.15) is 0 Å². The molecule has 0 fully saturated rings. The van der Waals surface area contributed by atoms with E-state index in [0.29, 0.717) is 27.0 Å². The summed E-state index contributed by atoms with van der Waals surface area (Å²) >= 11 is 12.1. The third kappa shape index (κ3) is 3.40. The Bertz CT molecular complexity index is 689. The number of amides is 1. The van der Waals surface area contributed by atoms with Crippen LogP contribution in [0, 0.1) is 0 Å². The number of halogens is 2. The van der Waals surface area contributed by atoms with E-state index in [4.69, 9.17) is 34.7 Å². The Morgan fingerprint density at radius 2 is 1.95 bits per heavy atom. The van der Waals surface area contributed by atoms with Crippen LogP contribution in [0.4, 0.5) is 11.4 Å². The highest BCUT2D eigenvalue weighted by Crippen LogP contribution is 2.31. The summed E-state index contributed by atoms with van der Waals surface area (Å²) < 4.78 is 0. The molecule has 2 aromatic carbocycles. The quantitative estimate of drug-likeness (QED) is 0.747. The first-order chi connectivity index (χ1) is 9.90. The first kappa shape index (κ1) is 15.5. The molecule has 110 valence electrons. The number of nitrogens with one attached hydrogen (secondary N) is 1. The van der Waals surface area contributed by atoms with Crippen molar-refractivity contribution in [1.29, 1.82) is 0 Å². The largest absolute Gasteiger partial charge is 0.397 e. The summed E-state index contributed by atoms with van der Waals surface area (Å²) in [4.78, 5) is 11.5. The molecule has 6 heteroatoms. The van der Waals surface area contributed by atoms with Crippen LogP contribution in [0.3, 0.4) is 0 Å². The second kappa shape index (κ2) is 6.24. The van der Waals surface area contributed by atoms with Crippen LogP contribution >= 0.6 is 23.2 Å². The fourth-order valence-corrected chi connectivity index (χ4v) is 2.66. The van der Waals surface area contributed by atoms with E-state index in [2.05, 4.69) is 5.32 Å². The molecule has 5 N–H and O–H groups in total. The van der Waals surface area contributed by atoms with Gasteiger partial charge in [-0.3, -0.25) is 4.79 Å². The van der Waals surface area contributed by atoms with Crippen molar-refractivity contribution in [2.45, 2.75) is 13.0 Å². The first-order valence-corrected chi connectivity index (χ1v) is 7.05. The fraction of sp³-hybridized carbons (Fsp3) is 0.133. The number of hydrogen-bond donors (Lipinski definition) is 3. The number of carbonyl (C=O) groups is 1. The van der Waals surface area contributed by atoms with E-state index >= 15 is 0 Å². The Balaban J connectivity index is 2.36. The lowest BCUT2D eigenvalue weighted by Gasteiger charge is -2.20. The highest BCUT2D eigenvalue weighted by atomic mass is 35.5. The van der Waals surface area contributed by atoms with Crippen LogP contribution in [0.15, 0.2) is 36.4 Å². The van der Waals surface area contributed by atoms with E-state index < -0.39 is 5.91 Å². The maximum absolute atomic E-state index is 11.5. The van der Waals surface area contributed by atoms with Crippen LogP contribution in [0.5, 0.6) is 0 Å². The van der Waals surface area contributed by atoms with Crippen molar-refractivity contribution in [2.24, 2.45) is 5.73 Å². The first-order valence-electron chi connectivity index (χ1n) is 6.30. The Labute approximate surface area is 133 Å². The number of nitrogens with two attached hydrogens (primary N) is 2. The average molecular weight is 324 g/mol. The van der Waals surface area contributed by atoms with E-state index in [0.717, 1.165) is 5.56 Å². The molecule has 0 radical (unpaired) electrons. The molecular weight excluding hydrogens is 309 g/mol. The summed E-state index contributed by atoms with van der Waals surface area (Å²) in [6.45, 7) is 1.91. The Hall–Kier alpha value is -1.91. The second-order valence-electron chi connectivity index (χ2n) is 4.67. The standard InChI is InChI=1S/C15H15Cl2N3O/c1-8(10-6-5-9(16)7-12(10)17)20-14-11(15(19)21)3-2-4-13(14)18/h2-8,20H,18H2,1H3,(H2,19,21). The van der Waals surface area contributed by atoms with Gasteiger partial charge in [-0.05, 0) is 36.8 Å². The molecule has 0 aromatic heterocycles. The molecule has 0 heterocycles. The van der Waals surface area contributed by atoms with Crippen molar-refractivity contribution >= 4 is 40.5 Å². The molecule has 2 aromatic rings. The van der Waals surface area contributed by atoms with Gasteiger partial charge in [0.2, 0.25) is 0 Å². The lowest BCUT2D eigenvalue weighted by molar-refractivity contribution is 0.100. The van der Waals surface area contributed by atoms with Gasteiger partial charge in [0.25, 0.3) is 5.91 Å². The van der Waals surface area contributed by atoms with Crippen LogP contribution in [-0.2, 0) is 0 Å². The topological polar surface area (TPSA) is 81.1 Å². The van der Waals surface area contributed by atoms with E-state index in [1.807, 2.05) is 13.0 Å². The minimum atomic E-state index is -0.542. The number of rotatable bonds is 4. The Kier molecular flexibility index (Phi) is 4.60. The molecule has 1 unspecified atom stereocenters. The van der Waals surface area contributed by atoms with Crippen molar-refractivity contribution in [3.05, 3.63) is 57.6 Å². The summed E-state index contributed by atoms with van der Waals surface area (Å²) in [7, 11) is 0. The molecule has 0 aliphatic heterocycles. The molecule has 0 spiro atoms. The fourth-order valence-electron chi connectivity index (χ4n) is 2.08. The Morgan fingerprint density at radius 1 is 1.24 bits per heavy atom. The van der Waals surface area contributed by atoms with Gasteiger partial charge < -0.3 is 16.8 Å². The maximum Gasteiger partial charge on any atom is 0.250 e. The summed E-state index contributed by atoms with van der Waals surface area (Å²) in [5.41, 5.74) is 13.4. The smallest absolute Gasteiger partial charge is 0.250 e. The molecule has 0 bridgehead atoms. The number of hydrogen-bond acceptors (Lipinski definition) is 3.